The number of carbonyl (C=O) groups excluding carboxylic acids is 1. The normalized spacial score (nSPS) is 25.5. The first kappa shape index (κ1) is 20.0. The number of carbonyl (C=O) groups is 1. The summed E-state index contributed by atoms with van der Waals surface area (Å²) in [6, 6.07) is 0.310. The molecule has 2 saturated heterocycles. The summed E-state index contributed by atoms with van der Waals surface area (Å²) in [5.74, 6) is 1.06. The summed E-state index contributed by atoms with van der Waals surface area (Å²) in [7, 11) is 1.76. The third kappa shape index (κ3) is 5.57. The van der Waals surface area contributed by atoms with E-state index in [1.54, 1.807) is 7.05 Å². The van der Waals surface area contributed by atoms with Crippen molar-refractivity contribution in [3.8, 4) is 0 Å². The number of nitrogens with zero attached hydrogens (tertiary/aromatic N) is 2. The fourth-order valence-electron chi connectivity index (χ4n) is 3.80. The van der Waals surface area contributed by atoms with Gasteiger partial charge in [-0.1, -0.05) is 6.92 Å². The molecule has 7 heteroatoms. The Morgan fingerprint density at radius 1 is 1.48 bits per heavy atom. The quantitative estimate of drug-likeness (QED) is 0.420. The van der Waals surface area contributed by atoms with Gasteiger partial charge < -0.3 is 25.4 Å². The number of aliphatic hydroxyl groups excluding tert-OH is 1. The minimum Gasteiger partial charge on any atom is -0.396 e. The highest BCUT2D eigenvalue weighted by Gasteiger charge is 2.34. The van der Waals surface area contributed by atoms with Gasteiger partial charge in [0, 0.05) is 57.8 Å². The zero-order valence-corrected chi connectivity index (χ0v) is 15.7. The van der Waals surface area contributed by atoms with Crippen LogP contribution in [0.25, 0.3) is 0 Å². The lowest BCUT2D eigenvalue weighted by Crippen LogP contribution is -2.46. The molecule has 2 atom stereocenters. The highest BCUT2D eigenvalue weighted by atomic mass is 16.5. The predicted molar refractivity (Wildman–Crippen MR) is 98.6 cm³/mol. The van der Waals surface area contributed by atoms with E-state index in [4.69, 9.17) is 4.74 Å². The smallest absolute Gasteiger partial charge is 0.222 e. The molecule has 7 nitrogen and oxygen atoms in total. The maximum Gasteiger partial charge on any atom is 0.222 e. The van der Waals surface area contributed by atoms with E-state index in [0.717, 1.165) is 64.3 Å². The number of hydrogen-bond donors (Lipinski definition) is 3. The van der Waals surface area contributed by atoms with E-state index < -0.39 is 0 Å². The Balaban J connectivity index is 1.75. The van der Waals surface area contributed by atoms with E-state index in [9.17, 15) is 9.90 Å². The molecule has 25 heavy (non-hydrogen) atoms. The molecule has 144 valence electrons. The molecule has 0 aliphatic carbocycles. The highest BCUT2D eigenvalue weighted by molar-refractivity contribution is 5.80. The monoisotopic (exact) mass is 354 g/mol. The van der Waals surface area contributed by atoms with E-state index in [0.29, 0.717) is 25.0 Å². The summed E-state index contributed by atoms with van der Waals surface area (Å²) in [6.45, 7) is 6.19. The molecule has 0 radical (unpaired) electrons. The molecule has 0 aromatic rings. The Morgan fingerprint density at radius 3 is 2.88 bits per heavy atom. The van der Waals surface area contributed by atoms with Crippen molar-refractivity contribution in [2.24, 2.45) is 10.4 Å². The molecule has 0 bridgehead atoms. The van der Waals surface area contributed by atoms with Gasteiger partial charge >= 0.3 is 0 Å². The lowest BCUT2D eigenvalue weighted by Gasteiger charge is -2.29. The van der Waals surface area contributed by atoms with Gasteiger partial charge in [-0.25, -0.2) is 0 Å². The molecule has 2 fully saturated rings. The summed E-state index contributed by atoms with van der Waals surface area (Å²) in [5, 5.41) is 16.0. The largest absolute Gasteiger partial charge is 0.396 e. The molecule has 2 heterocycles. The molecular weight excluding hydrogens is 320 g/mol. The average molecular weight is 354 g/mol. The molecule has 0 aromatic carbocycles. The van der Waals surface area contributed by atoms with Crippen LogP contribution in [0.15, 0.2) is 4.99 Å². The first-order valence-corrected chi connectivity index (χ1v) is 9.57. The van der Waals surface area contributed by atoms with Crippen LogP contribution in [0.2, 0.25) is 0 Å². The molecular formula is C18H34N4O3. The Hall–Kier alpha value is -1.34. The number of ether oxygens (including phenoxy) is 1. The SMILES string of the molecule is CCC(CCNC(=NC)NCC1(CCO)CCOC1)N1CCCC1=O. The number of amides is 1. The van der Waals surface area contributed by atoms with Crippen molar-refractivity contribution in [1.82, 2.24) is 15.5 Å². The van der Waals surface area contributed by atoms with Crippen LogP contribution in [0.4, 0.5) is 0 Å². The summed E-state index contributed by atoms with van der Waals surface area (Å²) in [4.78, 5) is 18.2. The van der Waals surface area contributed by atoms with Crippen LogP contribution in [-0.2, 0) is 9.53 Å². The molecule has 0 spiro atoms. The van der Waals surface area contributed by atoms with Crippen molar-refractivity contribution >= 4 is 11.9 Å². The molecule has 0 saturated carbocycles. The number of guanidine groups is 1. The molecule has 0 aromatic heterocycles. The van der Waals surface area contributed by atoms with Crippen molar-refractivity contribution in [3.63, 3.8) is 0 Å². The van der Waals surface area contributed by atoms with Crippen LogP contribution >= 0.6 is 0 Å². The molecule has 2 rings (SSSR count). The second kappa shape index (κ2) is 9.97. The zero-order chi connectivity index (χ0) is 18.1. The van der Waals surface area contributed by atoms with Crippen molar-refractivity contribution in [2.75, 3.05) is 46.5 Å². The lowest BCUT2D eigenvalue weighted by atomic mass is 9.84. The van der Waals surface area contributed by atoms with Crippen LogP contribution in [0.3, 0.4) is 0 Å². The molecule has 2 aliphatic heterocycles. The number of aliphatic imine (C=N–C) groups is 1. The molecule has 1 amide bonds. The van der Waals surface area contributed by atoms with Gasteiger partial charge in [-0.15, -0.1) is 0 Å². The van der Waals surface area contributed by atoms with Crippen LogP contribution in [-0.4, -0.2) is 74.4 Å². The summed E-state index contributed by atoms with van der Waals surface area (Å²) < 4.78 is 5.52. The summed E-state index contributed by atoms with van der Waals surface area (Å²) in [5.41, 5.74) is 0.000292. The van der Waals surface area contributed by atoms with E-state index in [-0.39, 0.29) is 12.0 Å². The standard InChI is InChI=1S/C18H34N4O3/c1-3-15(22-10-4-5-16(22)24)6-9-20-17(19-2)21-13-18(7-11-23)8-12-25-14-18/h15,23H,3-14H2,1-2H3,(H2,19,20,21). The Kier molecular flexibility index (Phi) is 7.96. The summed E-state index contributed by atoms with van der Waals surface area (Å²) >= 11 is 0. The Morgan fingerprint density at radius 2 is 2.32 bits per heavy atom. The third-order valence-corrected chi connectivity index (χ3v) is 5.47. The van der Waals surface area contributed by atoms with Gasteiger partial charge in [0.2, 0.25) is 5.91 Å². The van der Waals surface area contributed by atoms with Crippen molar-refractivity contribution in [2.45, 2.75) is 51.5 Å². The van der Waals surface area contributed by atoms with Crippen molar-refractivity contribution in [3.05, 3.63) is 0 Å². The van der Waals surface area contributed by atoms with Crippen LogP contribution in [0.5, 0.6) is 0 Å². The summed E-state index contributed by atoms with van der Waals surface area (Å²) in [6.07, 6.45) is 5.30. The highest BCUT2D eigenvalue weighted by Crippen LogP contribution is 2.31. The van der Waals surface area contributed by atoms with E-state index >= 15 is 0 Å². The average Bonchev–Trinajstić information content (AvgIpc) is 3.25. The Bertz CT molecular complexity index is 450. The minimum absolute atomic E-state index is 0.000292. The number of nitrogens with one attached hydrogen (secondary N) is 2. The van der Waals surface area contributed by atoms with Gasteiger partial charge in [0.15, 0.2) is 5.96 Å². The minimum atomic E-state index is 0.000292. The second-order valence-corrected chi connectivity index (χ2v) is 7.17. The van der Waals surface area contributed by atoms with Gasteiger partial charge in [0.1, 0.15) is 0 Å². The topological polar surface area (TPSA) is 86.2 Å². The fourth-order valence-corrected chi connectivity index (χ4v) is 3.80. The van der Waals surface area contributed by atoms with Gasteiger partial charge in [-0.05, 0) is 32.1 Å². The fraction of sp³-hybridized carbons (Fsp3) is 0.889. The van der Waals surface area contributed by atoms with Crippen LogP contribution in [0.1, 0.15) is 45.4 Å². The first-order chi connectivity index (χ1) is 12.1. The lowest BCUT2D eigenvalue weighted by molar-refractivity contribution is -0.129. The number of aliphatic hydroxyl groups is 1. The van der Waals surface area contributed by atoms with Crippen LogP contribution in [0, 0.1) is 5.41 Å². The molecule has 2 unspecified atom stereocenters. The molecule has 3 N–H and O–H groups in total. The second-order valence-electron chi connectivity index (χ2n) is 7.17. The van der Waals surface area contributed by atoms with Gasteiger partial charge in [-0.3, -0.25) is 9.79 Å². The number of rotatable bonds is 9. The molecule has 2 aliphatic rings. The van der Waals surface area contributed by atoms with Crippen molar-refractivity contribution in [1.29, 1.82) is 0 Å². The maximum atomic E-state index is 11.9. The predicted octanol–water partition coefficient (Wildman–Crippen LogP) is 0.732. The van der Waals surface area contributed by atoms with Gasteiger partial charge in [0.25, 0.3) is 0 Å². The first-order valence-electron chi connectivity index (χ1n) is 9.57. The van der Waals surface area contributed by atoms with Crippen molar-refractivity contribution < 1.29 is 14.6 Å². The zero-order valence-electron chi connectivity index (χ0n) is 15.7. The number of hydrogen-bond acceptors (Lipinski definition) is 4. The van der Waals surface area contributed by atoms with E-state index in [1.807, 2.05) is 4.90 Å². The van der Waals surface area contributed by atoms with E-state index in [1.165, 1.54) is 0 Å². The third-order valence-electron chi connectivity index (χ3n) is 5.47. The maximum absolute atomic E-state index is 11.9. The van der Waals surface area contributed by atoms with Gasteiger partial charge in [-0.2, -0.15) is 0 Å². The number of likely N-dealkylation sites (tertiary alicyclic amines) is 1. The van der Waals surface area contributed by atoms with Crippen LogP contribution < -0.4 is 10.6 Å². The van der Waals surface area contributed by atoms with Gasteiger partial charge in [0.05, 0.1) is 6.61 Å². The Labute approximate surface area is 151 Å². The van der Waals surface area contributed by atoms with E-state index in [2.05, 4.69) is 22.5 Å².